The number of rotatable bonds is 7. The highest BCUT2D eigenvalue weighted by atomic mass is 35.5. The molecule has 9 heteroatoms. The molecule has 116 valence electrons. The molecule has 0 saturated carbocycles. The number of carboxylic acid groups (broad SMARTS) is 1. The van der Waals surface area contributed by atoms with Crippen molar-refractivity contribution in [2.45, 2.75) is 30.7 Å². The van der Waals surface area contributed by atoms with Gasteiger partial charge in [-0.3, -0.25) is 9.59 Å². The second-order valence-corrected chi connectivity index (χ2v) is 6.47. The molecule has 0 heterocycles. The number of aliphatic carboxylic acids is 1. The Morgan fingerprint density at radius 2 is 2.05 bits per heavy atom. The summed E-state index contributed by atoms with van der Waals surface area (Å²) in [5, 5.41) is 9.27. The van der Waals surface area contributed by atoms with Crippen LogP contribution in [0.3, 0.4) is 0 Å². The zero-order valence-electron chi connectivity index (χ0n) is 11.2. The van der Waals surface area contributed by atoms with Crippen LogP contribution in [0.2, 0.25) is 5.02 Å². The Kier molecular flexibility index (Phi) is 5.70. The van der Waals surface area contributed by atoms with Crippen LogP contribution in [0.5, 0.6) is 0 Å². The molecule has 1 atom stereocenters. The summed E-state index contributed by atoms with van der Waals surface area (Å²) in [5.41, 5.74) is 5.24. The topological polar surface area (TPSA) is 127 Å². The summed E-state index contributed by atoms with van der Waals surface area (Å²) < 4.78 is 26.5. The molecule has 4 N–H and O–H groups in total. The number of carbonyl (C=O) groups is 2. The largest absolute Gasteiger partial charge is 0.480 e. The number of nitrogens with two attached hydrogens (primary N) is 1. The van der Waals surface area contributed by atoms with Gasteiger partial charge in [0.25, 0.3) is 0 Å². The van der Waals surface area contributed by atoms with Crippen molar-refractivity contribution in [3.05, 3.63) is 28.8 Å². The van der Waals surface area contributed by atoms with Gasteiger partial charge in [0, 0.05) is 11.4 Å². The molecular weight excluding hydrogens is 320 g/mol. The molecule has 1 aromatic rings. The molecule has 0 aliphatic heterocycles. The van der Waals surface area contributed by atoms with Gasteiger partial charge in [0.1, 0.15) is 6.04 Å². The smallest absolute Gasteiger partial charge is 0.321 e. The molecule has 0 saturated heterocycles. The highest BCUT2D eigenvalue weighted by Crippen LogP contribution is 2.23. The third-order valence-corrected chi connectivity index (χ3v) is 4.81. The average Bonchev–Trinajstić information content (AvgIpc) is 2.37. The third kappa shape index (κ3) is 4.69. The fourth-order valence-electron chi connectivity index (χ4n) is 1.65. The Bertz CT molecular complexity index is 660. The maximum absolute atomic E-state index is 12.2. The van der Waals surface area contributed by atoms with E-state index in [0.717, 1.165) is 0 Å². The number of hydrogen-bond acceptors (Lipinski definition) is 4. The van der Waals surface area contributed by atoms with Crippen LogP contribution in [0, 0.1) is 6.92 Å². The van der Waals surface area contributed by atoms with E-state index in [0.29, 0.717) is 5.56 Å². The zero-order chi connectivity index (χ0) is 16.2. The summed E-state index contributed by atoms with van der Waals surface area (Å²) in [6, 6.07) is 2.85. The molecule has 1 rings (SSSR count). The molecule has 7 nitrogen and oxygen atoms in total. The average molecular weight is 335 g/mol. The van der Waals surface area contributed by atoms with E-state index in [9.17, 15) is 18.0 Å². The van der Waals surface area contributed by atoms with Crippen molar-refractivity contribution in [3.8, 4) is 0 Å². The molecule has 0 unspecified atom stereocenters. The number of carbonyl (C=O) groups excluding carboxylic acids is 1. The van der Waals surface area contributed by atoms with Gasteiger partial charge >= 0.3 is 5.97 Å². The number of nitrogens with one attached hydrogen (secondary N) is 1. The molecule has 0 aliphatic rings. The maximum Gasteiger partial charge on any atom is 0.321 e. The van der Waals surface area contributed by atoms with Crippen LogP contribution < -0.4 is 10.5 Å². The quantitative estimate of drug-likeness (QED) is 0.674. The van der Waals surface area contributed by atoms with Crippen molar-refractivity contribution in [2.75, 3.05) is 0 Å². The number of sulfonamides is 1. The van der Waals surface area contributed by atoms with E-state index in [-0.39, 0.29) is 22.8 Å². The molecular formula is C12H15ClN2O5S. The highest BCUT2D eigenvalue weighted by Gasteiger charge is 2.27. The minimum absolute atomic E-state index is 0.111. The Morgan fingerprint density at radius 1 is 1.43 bits per heavy atom. The first kappa shape index (κ1) is 17.4. The summed E-state index contributed by atoms with van der Waals surface area (Å²) in [6.45, 7) is 1.51. The molecule has 1 amide bonds. The first-order chi connectivity index (χ1) is 9.65. The number of halogens is 1. The van der Waals surface area contributed by atoms with Gasteiger partial charge in [0.2, 0.25) is 15.9 Å². The van der Waals surface area contributed by atoms with Gasteiger partial charge in [-0.1, -0.05) is 17.7 Å². The lowest BCUT2D eigenvalue weighted by Gasteiger charge is -2.15. The van der Waals surface area contributed by atoms with Crippen LogP contribution in [0.4, 0.5) is 0 Å². The van der Waals surface area contributed by atoms with Crippen LogP contribution in [-0.4, -0.2) is 31.4 Å². The number of benzene rings is 1. The summed E-state index contributed by atoms with van der Waals surface area (Å²) in [4.78, 5) is 21.7. The summed E-state index contributed by atoms with van der Waals surface area (Å²) in [7, 11) is -4.07. The van der Waals surface area contributed by atoms with Crippen LogP contribution in [-0.2, 0) is 19.6 Å². The number of carboxylic acids is 1. The van der Waals surface area contributed by atoms with Crippen LogP contribution in [0.25, 0.3) is 0 Å². The van der Waals surface area contributed by atoms with Crippen LogP contribution in [0.1, 0.15) is 18.4 Å². The van der Waals surface area contributed by atoms with Crippen molar-refractivity contribution in [1.82, 2.24) is 4.72 Å². The van der Waals surface area contributed by atoms with Crippen LogP contribution >= 0.6 is 11.6 Å². The van der Waals surface area contributed by atoms with Gasteiger partial charge in [-0.25, -0.2) is 8.42 Å². The molecule has 0 spiro atoms. The van der Waals surface area contributed by atoms with Gasteiger partial charge in [0.05, 0.1) is 4.90 Å². The van der Waals surface area contributed by atoms with E-state index in [1.807, 2.05) is 4.72 Å². The molecule has 1 aromatic carbocycles. The lowest BCUT2D eigenvalue weighted by atomic mass is 10.2. The van der Waals surface area contributed by atoms with E-state index in [1.54, 1.807) is 0 Å². The van der Waals surface area contributed by atoms with E-state index in [2.05, 4.69) is 0 Å². The predicted octanol–water partition coefficient (Wildman–Crippen LogP) is 0.645. The minimum atomic E-state index is -4.07. The Balaban J connectivity index is 3.03. The molecule has 0 bridgehead atoms. The van der Waals surface area contributed by atoms with E-state index in [1.165, 1.54) is 25.1 Å². The molecule has 0 aliphatic carbocycles. The molecule has 0 aromatic heterocycles. The van der Waals surface area contributed by atoms with Crippen molar-refractivity contribution in [2.24, 2.45) is 5.73 Å². The normalized spacial score (nSPS) is 12.9. The van der Waals surface area contributed by atoms with E-state index in [4.69, 9.17) is 22.4 Å². The van der Waals surface area contributed by atoms with Gasteiger partial charge < -0.3 is 10.8 Å². The van der Waals surface area contributed by atoms with Crippen molar-refractivity contribution >= 4 is 33.5 Å². The lowest BCUT2D eigenvalue weighted by molar-refractivity contribution is -0.139. The predicted molar refractivity (Wildman–Crippen MR) is 76.4 cm³/mol. The number of amides is 1. The highest BCUT2D eigenvalue weighted by molar-refractivity contribution is 7.89. The van der Waals surface area contributed by atoms with Gasteiger partial charge in [-0.05, 0) is 31.0 Å². The molecule has 0 fully saturated rings. The minimum Gasteiger partial charge on any atom is -0.480 e. The fraction of sp³-hybridized carbons (Fsp3) is 0.333. The second kappa shape index (κ2) is 6.88. The number of primary amides is 1. The summed E-state index contributed by atoms with van der Waals surface area (Å²) >= 11 is 5.85. The van der Waals surface area contributed by atoms with E-state index >= 15 is 0 Å². The summed E-state index contributed by atoms with van der Waals surface area (Å²) in [6.07, 6.45) is -0.475. The number of hydrogen-bond donors (Lipinski definition) is 3. The van der Waals surface area contributed by atoms with Crippen molar-refractivity contribution in [1.29, 1.82) is 0 Å². The molecule has 0 radical (unpaired) electrons. The standard InChI is InChI=1S/C12H15ClN2O5S/c1-7-8(13)3-2-4-10(7)21(19,20)15-9(12(17)18)5-6-11(14)16/h2-4,9,15H,5-6H2,1H3,(H2,14,16)(H,17,18)/t9-/m0/s1. The SMILES string of the molecule is Cc1c(Cl)cccc1S(=O)(=O)N[C@@H](CCC(N)=O)C(=O)O. The van der Waals surface area contributed by atoms with E-state index < -0.39 is 27.9 Å². The molecule has 21 heavy (non-hydrogen) atoms. The van der Waals surface area contributed by atoms with Gasteiger partial charge in [0.15, 0.2) is 0 Å². The maximum atomic E-state index is 12.2. The monoisotopic (exact) mass is 334 g/mol. The van der Waals surface area contributed by atoms with Gasteiger partial charge in [-0.15, -0.1) is 0 Å². The Hall–Kier alpha value is -1.64. The lowest BCUT2D eigenvalue weighted by Crippen LogP contribution is -2.41. The van der Waals surface area contributed by atoms with Crippen molar-refractivity contribution < 1.29 is 23.1 Å². The second-order valence-electron chi connectivity index (χ2n) is 4.38. The first-order valence-electron chi connectivity index (χ1n) is 5.93. The Morgan fingerprint density at radius 3 is 2.57 bits per heavy atom. The third-order valence-electron chi connectivity index (χ3n) is 2.78. The van der Waals surface area contributed by atoms with Crippen molar-refractivity contribution in [3.63, 3.8) is 0 Å². The fourth-order valence-corrected chi connectivity index (χ4v) is 3.37. The van der Waals surface area contributed by atoms with Gasteiger partial charge in [-0.2, -0.15) is 4.72 Å². The zero-order valence-corrected chi connectivity index (χ0v) is 12.7. The Labute approximate surface area is 127 Å². The summed E-state index contributed by atoms with van der Waals surface area (Å²) in [5.74, 6) is -2.10. The van der Waals surface area contributed by atoms with Crippen LogP contribution in [0.15, 0.2) is 23.1 Å². The first-order valence-corrected chi connectivity index (χ1v) is 7.80.